The molecule has 1 heterocycles. The molecule has 5 heteroatoms. The molecule has 0 radical (unpaired) electrons. The van der Waals surface area contributed by atoms with E-state index in [1.807, 2.05) is 13.8 Å². The minimum absolute atomic E-state index is 0.0158. The molecule has 0 spiro atoms. The van der Waals surface area contributed by atoms with E-state index in [9.17, 15) is 9.90 Å². The zero-order valence-corrected chi connectivity index (χ0v) is 16.1. The highest BCUT2D eigenvalue weighted by Crippen LogP contribution is 2.18. The first kappa shape index (κ1) is 19.7. The van der Waals surface area contributed by atoms with Gasteiger partial charge in [0.1, 0.15) is 0 Å². The van der Waals surface area contributed by atoms with Crippen LogP contribution in [0.5, 0.6) is 0 Å². The summed E-state index contributed by atoms with van der Waals surface area (Å²) in [4.78, 5) is 16.8. The molecular weight excluding hydrogens is 314 g/mol. The fourth-order valence-electron chi connectivity index (χ4n) is 2.88. The molecular formula is C20H33N3O2. The number of hydrogen-bond acceptors (Lipinski definition) is 4. The van der Waals surface area contributed by atoms with Crippen molar-refractivity contribution >= 4 is 11.6 Å². The third-order valence-electron chi connectivity index (χ3n) is 5.28. The van der Waals surface area contributed by atoms with Crippen LogP contribution in [-0.2, 0) is 4.79 Å². The summed E-state index contributed by atoms with van der Waals surface area (Å²) in [7, 11) is 0. The fourth-order valence-corrected chi connectivity index (χ4v) is 2.88. The van der Waals surface area contributed by atoms with Crippen molar-refractivity contribution in [3.05, 3.63) is 29.8 Å². The van der Waals surface area contributed by atoms with Crippen LogP contribution < -0.4 is 10.2 Å². The van der Waals surface area contributed by atoms with Gasteiger partial charge in [0.25, 0.3) is 0 Å². The van der Waals surface area contributed by atoms with Crippen molar-refractivity contribution in [2.75, 3.05) is 44.2 Å². The van der Waals surface area contributed by atoms with Gasteiger partial charge in [0.05, 0.1) is 5.60 Å². The van der Waals surface area contributed by atoms with Crippen molar-refractivity contribution in [1.29, 1.82) is 0 Å². The van der Waals surface area contributed by atoms with Crippen molar-refractivity contribution in [3.63, 3.8) is 0 Å². The van der Waals surface area contributed by atoms with Crippen molar-refractivity contribution in [2.24, 2.45) is 5.92 Å². The van der Waals surface area contributed by atoms with E-state index in [0.29, 0.717) is 13.0 Å². The number of aryl methyl sites for hydroxylation is 1. The molecule has 1 fully saturated rings. The molecule has 0 bridgehead atoms. The summed E-state index contributed by atoms with van der Waals surface area (Å²) in [6, 6.07) is 8.61. The van der Waals surface area contributed by atoms with E-state index in [1.54, 1.807) is 6.92 Å². The molecule has 1 aromatic rings. The summed E-state index contributed by atoms with van der Waals surface area (Å²) in [6.07, 6.45) is 0.485. The van der Waals surface area contributed by atoms with Gasteiger partial charge in [-0.05, 0) is 37.5 Å². The Bertz CT molecular complexity index is 564. The SMILES string of the molecule is Cc1cccc(N2CCN(CCC(=O)NCC(C)(O)C(C)C)CC2)c1. The predicted octanol–water partition coefficient (Wildman–Crippen LogP) is 2.03. The second kappa shape index (κ2) is 8.68. The average Bonchev–Trinajstić information content (AvgIpc) is 2.58. The third kappa shape index (κ3) is 6.01. The van der Waals surface area contributed by atoms with Gasteiger partial charge in [0.2, 0.25) is 5.91 Å². The van der Waals surface area contributed by atoms with Crippen LogP contribution in [0.25, 0.3) is 0 Å². The smallest absolute Gasteiger partial charge is 0.221 e. The molecule has 1 aliphatic rings. The Morgan fingerprint density at radius 3 is 2.56 bits per heavy atom. The lowest BCUT2D eigenvalue weighted by Crippen LogP contribution is -2.48. The van der Waals surface area contributed by atoms with Crippen molar-refractivity contribution in [3.8, 4) is 0 Å². The maximum absolute atomic E-state index is 12.0. The van der Waals surface area contributed by atoms with Gasteiger partial charge in [-0.15, -0.1) is 0 Å². The van der Waals surface area contributed by atoms with Gasteiger partial charge in [-0.2, -0.15) is 0 Å². The van der Waals surface area contributed by atoms with Crippen LogP contribution in [0, 0.1) is 12.8 Å². The van der Waals surface area contributed by atoms with Crippen LogP contribution in [0.15, 0.2) is 24.3 Å². The molecule has 5 nitrogen and oxygen atoms in total. The highest BCUT2D eigenvalue weighted by molar-refractivity contribution is 5.76. The summed E-state index contributed by atoms with van der Waals surface area (Å²) in [5, 5.41) is 13.0. The van der Waals surface area contributed by atoms with Gasteiger partial charge >= 0.3 is 0 Å². The van der Waals surface area contributed by atoms with E-state index < -0.39 is 5.60 Å². The molecule has 140 valence electrons. The van der Waals surface area contributed by atoms with E-state index in [2.05, 4.69) is 46.3 Å². The van der Waals surface area contributed by atoms with Crippen LogP contribution in [0.1, 0.15) is 32.8 Å². The molecule has 1 atom stereocenters. The molecule has 0 saturated carbocycles. The largest absolute Gasteiger partial charge is 0.388 e. The average molecular weight is 348 g/mol. The van der Waals surface area contributed by atoms with E-state index in [0.717, 1.165) is 32.7 Å². The highest BCUT2D eigenvalue weighted by Gasteiger charge is 2.25. The van der Waals surface area contributed by atoms with Crippen molar-refractivity contribution in [2.45, 2.75) is 39.7 Å². The number of carbonyl (C=O) groups excluding carboxylic acids is 1. The Labute approximate surface area is 152 Å². The maximum Gasteiger partial charge on any atom is 0.221 e. The van der Waals surface area contributed by atoms with Crippen LogP contribution in [0.2, 0.25) is 0 Å². The number of nitrogens with one attached hydrogen (secondary N) is 1. The molecule has 1 aromatic carbocycles. The second-order valence-corrected chi connectivity index (χ2v) is 7.71. The van der Waals surface area contributed by atoms with Gasteiger partial charge < -0.3 is 15.3 Å². The number of amides is 1. The molecule has 0 aromatic heterocycles. The molecule has 25 heavy (non-hydrogen) atoms. The molecule has 2 N–H and O–H groups in total. The van der Waals surface area contributed by atoms with Gasteiger partial charge in [-0.1, -0.05) is 26.0 Å². The molecule has 1 aliphatic heterocycles. The summed E-state index contributed by atoms with van der Waals surface area (Å²) in [6.45, 7) is 12.8. The monoisotopic (exact) mass is 347 g/mol. The van der Waals surface area contributed by atoms with Crippen LogP contribution in [0.4, 0.5) is 5.69 Å². The fraction of sp³-hybridized carbons (Fsp3) is 0.650. The van der Waals surface area contributed by atoms with Crippen LogP contribution in [-0.4, -0.2) is 60.8 Å². The number of rotatable bonds is 7. The molecule has 1 saturated heterocycles. The van der Waals surface area contributed by atoms with Gasteiger partial charge in [0.15, 0.2) is 0 Å². The van der Waals surface area contributed by atoms with Crippen LogP contribution >= 0.6 is 0 Å². The Hall–Kier alpha value is -1.59. The molecule has 2 rings (SSSR count). The summed E-state index contributed by atoms with van der Waals surface area (Å²) < 4.78 is 0. The van der Waals surface area contributed by atoms with Crippen molar-refractivity contribution in [1.82, 2.24) is 10.2 Å². The Morgan fingerprint density at radius 2 is 1.96 bits per heavy atom. The zero-order chi connectivity index (χ0) is 18.4. The number of hydrogen-bond donors (Lipinski definition) is 2. The van der Waals surface area contributed by atoms with Gasteiger partial charge in [-0.25, -0.2) is 0 Å². The van der Waals surface area contributed by atoms with Gasteiger partial charge in [-0.3, -0.25) is 9.69 Å². The maximum atomic E-state index is 12.0. The van der Waals surface area contributed by atoms with Crippen LogP contribution in [0.3, 0.4) is 0 Å². The third-order valence-corrected chi connectivity index (χ3v) is 5.28. The lowest BCUT2D eigenvalue weighted by atomic mass is 9.92. The molecule has 1 amide bonds. The van der Waals surface area contributed by atoms with E-state index in [1.165, 1.54) is 11.3 Å². The predicted molar refractivity (Wildman–Crippen MR) is 103 cm³/mol. The lowest BCUT2D eigenvalue weighted by molar-refractivity contribution is -0.123. The van der Waals surface area contributed by atoms with E-state index >= 15 is 0 Å². The second-order valence-electron chi connectivity index (χ2n) is 7.71. The molecule has 0 aliphatic carbocycles. The Balaban J connectivity index is 1.69. The number of aliphatic hydroxyl groups is 1. The Kier molecular flexibility index (Phi) is 6.85. The normalized spacial score (nSPS) is 18.2. The number of anilines is 1. The summed E-state index contributed by atoms with van der Waals surface area (Å²) in [5.74, 6) is 0.129. The first-order valence-corrected chi connectivity index (χ1v) is 9.31. The van der Waals surface area contributed by atoms with E-state index in [-0.39, 0.29) is 11.8 Å². The summed E-state index contributed by atoms with van der Waals surface area (Å²) >= 11 is 0. The number of piperazine rings is 1. The minimum Gasteiger partial charge on any atom is -0.388 e. The number of nitrogens with zero attached hydrogens (tertiary/aromatic N) is 2. The quantitative estimate of drug-likeness (QED) is 0.792. The molecule has 1 unspecified atom stereocenters. The highest BCUT2D eigenvalue weighted by atomic mass is 16.3. The first-order valence-electron chi connectivity index (χ1n) is 9.31. The Morgan fingerprint density at radius 1 is 1.28 bits per heavy atom. The number of carbonyl (C=O) groups is 1. The van der Waals surface area contributed by atoms with Gasteiger partial charge in [0, 0.05) is 51.4 Å². The number of benzene rings is 1. The lowest BCUT2D eigenvalue weighted by Gasteiger charge is -2.36. The topological polar surface area (TPSA) is 55.8 Å². The van der Waals surface area contributed by atoms with Crippen molar-refractivity contribution < 1.29 is 9.90 Å². The standard InChI is InChI=1S/C20H33N3O2/c1-16(2)20(4,25)15-21-19(24)8-9-22-10-12-23(13-11-22)18-7-5-6-17(3)14-18/h5-7,14,16,25H,8-13,15H2,1-4H3,(H,21,24). The van der Waals surface area contributed by atoms with E-state index in [4.69, 9.17) is 0 Å². The zero-order valence-electron chi connectivity index (χ0n) is 16.1. The summed E-state index contributed by atoms with van der Waals surface area (Å²) in [5.41, 5.74) is 1.72. The first-order chi connectivity index (χ1) is 11.8. The minimum atomic E-state index is -0.852.